The van der Waals surface area contributed by atoms with E-state index >= 15 is 0 Å². The molecule has 0 aliphatic heterocycles. The minimum atomic E-state index is 0. The van der Waals surface area contributed by atoms with E-state index in [-0.39, 0.29) is 32.7 Å². The molecule has 0 heterocycles. The molecule has 1 rings (SSSR count). The summed E-state index contributed by atoms with van der Waals surface area (Å²) < 4.78 is 0. The quantitative estimate of drug-likeness (QED) is 0.395. The first-order valence-corrected chi connectivity index (χ1v) is 2.36. The van der Waals surface area contributed by atoms with Gasteiger partial charge in [0.2, 0.25) is 0 Å². The van der Waals surface area contributed by atoms with Crippen LogP contribution in [0.1, 0.15) is 0 Å². The smallest absolute Gasteiger partial charge is 0 e. The van der Waals surface area contributed by atoms with Crippen LogP contribution in [0.15, 0.2) is 24.3 Å². The van der Waals surface area contributed by atoms with Crippen molar-refractivity contribution in [1.82, 2.24) is 0 Å². The molecule has 9 heavy (non-hydrogen) atoms. The predicted molar refractivity (Wildman–Crippen MR) is 33.1 cm³/mol. The van der Waals surface area contributed by atoms with Crippen LogP contribution in [0.25, 0.3) is 0 Å². The van der Waals surface area contributed by atoms with Crippen LogP contribution in [0.2, 0.25) is 0 Å². The fourth-order valence-electron chi connectivity index (χ4n) is 0.483. The third-order valence-corrected chi connectivity index (χ3v) is 0.885. The standard InChI is InChI=1S/C6H7N2.Y/c7-8-6-4-2-1-3-5-6;/h2-5,8H,7H2;/q-1;. The molecule has 1 aromatic carbocycles. The molecule has 0 atom stereocenters. The van der Waals surface area contributed by atoms with Gasteiger partial charge in [0.25, 0.3) is 0 Å². The van der Waals surface area contributed by atoms with E-state index < -0.39 is 0 Å². The van der Waals surface area contributed by atoms with Crippen molar-refractivity contribution >= 4 is 5.69 Å². The predicted octanol–water partition coefficient (Wildman–Crippen LogP) is 0.770. The molecule has 0 spiro atoms. The number of hydrogen-bond acceptors (Lipinski definition) is 2. The van der Waals surface area contributed by atoms with Crippen molar-refractivity contribution in [1.29, 1.82) is 0 Å². The first-order valence-electron chi connectivity index (χ1n) is 2.36. The van der Waals surface area contributed by atoms with E-state index in [1.54, 1.807) is 12.1 Å². The minimum Gasteiger partial charge on any atom is -0.348 e. The van der Waals surface area contributed by atoms with Gasteiger partial charge in [0.05, 0.1) is 0 Å². The van der Waals surface area contributed by atoms with Gasteiger partial charge in [-0.3, -0.25) is 5.84 Å². The number of anilines is 1. The summed E-state index contributed by atoms with van der Waals surface area (Å²) >= 11 is 0. The molecule has 0 bridgehead atoms. The first-order chi connectivity index (χ1) is 3.93. The Morgan fingerprint density at radius 2 is 1.89 bits per heavy atom. The average molecular weight is 196 g/mol. The largest absolute Gasteiger partial charge is 0.348 e. The Balaban J connectivity index is 0.000000640. The maximum atomic E-state index is 5.09. The van der Waals surface area contributed by atoms with Gasteiger partial charge in [0.1, 0.15) is 0 Å². The fraction of sp³-hybridized carbons (Fsp3) is 0. The number of nitrogens with one attached hydrogen (secondary N) is 1. The van der Waals surface area contributed by atoms with E-state index in [9.17, 15) is 0 Å². The van der Waals surface area contributed by atoms with Gasteiger partial charge in [0, 0.05) is 32.7 Å². The second-order valence-electron chi connectivity index (χ2n) is 1.43. The van der Waals surface area contributed by atoms with Gasteiger partial charge in [-0.15, -0.1) is 12.1 Å². The topological polar surface area (TPSA) is 38.0 Å². The zero-order chi connectivity index (χ0) is 5.82. The first kappa shape index (κ1) is 9.08. The summed E-state index contributed by atoms with van der Waals surface area (Å²) in [5.41, 5.74) is 3.41. The summed E-state index contributed by atoms with van der Waals surface area (Å²) in [5.74, 6) is 5.09. The van der Waals surface area contributed by atoms with Crippen LogP contribution in [0.5, 0.6) is 0 Å². The second-order valence-corrected chi connectivity index (χ2v) is 1.43. The van der Waals surface area contributed by atoms with Crippen LogP contribution in [0.4, 0.5) is 5.69 Å². The molecule has 0 fully saturated rings. The normalized spacial score (nSPS) is 7.67. The van der Waals surface area contributed by atoms with E-state index in [1.165, 1.54) is 0 Å². The molecule has 0 aromatic heterocycles. The molecule has 0 saturated heterocycles. The van der Waals surface area contributed by atoms with Gasteiger partial charge >= 0.3 is 0 Å². The summed E-state index contributed by atoms with van der Waals surface area (Å²) in [6.45, 7) is 0. The van der Waals surface area contributed by atoms with Gasteiger partial charge in [-0.1, -0.05) is 5.69 Å². The molecule has 45 valence electrons. The maximum Gasteiger partial charge on any atom is 0 e. The fourth-order valence-corrected chi connectivity index (χ4v) is 0.483. The number of hydrogen-bond donors (Lipinski definition) is 2. The Morgan fingerprint density at radius 1 is 1.33 bits per heavy atom. The Hall–Kier alpha value is 0.0839. The third kappa shape index (κ3) is 2.94. The average Bonchev–Trinajstić information content (AvgIpc) is 1.90. The summed E-state index contributed by atoms with van der Waals surface area (Å²) in [7, 11) is 0. The Kier molecular flexibility index (Phi) is 4.96. The van der Waals surface area contributed by atoms with Gasteiger partial charge < -0.3 is 5.43 Å². The summed E-state index contributed by atoms with van der Waals surface area (Å²) in [6, 6.07) is 10.2. The number of nitrogen functional groups attached to an aromatic ring is 1. The summed E-state index contributed by atoms with van der Waals surface area (Å²) in [5, 5.41) is 0. The van der Waals surface area contributed by atoms with E-state index in [2.05, 4.69) is 11.5 Å². The van der Waals surface area contributed by atoms with E-state index in [0.717, 1.165) is 5.69 Å². The molecule has 0 unspecified atom stereocenters. The van der Waals surface area contributed by atoms with Crippen LogP contribution < -0.4 is 11.3 Å². The molecule has 0 aliphatic rings. The van der Waals surface area contributed by atoms with Crippen molar-refractivity contribution < 1.29 is 32.7 Å². The molecular formula is C6H7N2Y-. The Morgan fingerprint density at radius 3 is 2.22 bits per heavy atom. The Bertz CT molecular complexity index is 152. The zero-order valence-corrected chi connectivity index (χ0v) is 7.80. The molecule has 0 saturated carbocycles. The molecule has 1 radical (unpaired) electrons. The summed E-state index contributed by atoms with van der Waals surface area (Å²) in [6.07, 6.45) is 0. The number of rotatable bonds is 1. The number of benzene rings is 1. The van der Waals surface area contributed by atoms with Gasteiger partial charge in [-0.2, -0.15) is 18.2 Å². The summed E-state index contributed by atoms with van der Waals surface area (Å²) in [4.78, 5) is 0. The van der Waals surface area contributed by atoms with Gasteiger partial charge in [-0.25, -0.2) is 0 Å². The van der Waals surface area contributed by atoms with Crippen LogP contribution in [-0.4, -0.2) is 0 Å². The molecular weight excluding hydrogens is 189 g/mol. The molecule has 3 N–H and O–H groups in total. The zero-order valence-electron chi connectivity index (χ0n) is 4.96. The maximum absolute atomic E-state index is 5.09. The minimum absolute atomic E-state index is 0. The monoisotopic (exact) mass is 196 g/mol. The number of hydrazine groups is 1. The van der Waals surface area contributed by atoms with Gasteiger partial charge in [-0.05, 0) is 0 Å². The molecule has 0 amide bonds. The molecule has 3 heteroatoms. The Labute approximate surface area is 79.7 Å². The van der Waals surface area contributed by atoms with E-state index in [0.29, 0.717) is 0 Å². The van der Waals surface area contributed by atoms with Crippen molar-refractivity contribution in [3.05, 3.63) is 30.3 Å². The SMILES string of the molecule is NNc1cc[c-]cc1.[Y]. The van der Waals surface area contributed by atoms with E-state index in [4.69, 9.17) is 5.84 Å². The molecule has 0 aliphatic carbocycles. The molecule has 2 nitrogen and oxygen atoms in total. The second kappa shape index (κ2) is 4.92. The third-order valence-electron chi connectivity index (χ3n) is 0.885. The van der Waals surface area contributed by atoms with Crippen molar-refractivity contribution in [2.24, 2.45) is 5.84 Å². The van der Waals surface area contributed by atoms with Crippen molar-refractivity contribution in [2.75, 3.05) is 5.43 Å². The molecule has 1 aromatic rings. The van der Waals surface area contributed by atoms with E-state index in [1.807, 2.05) is 12.1 Å². The van der Waals surface area contributed by atoms with Gasteiger partial charge in [0.15, 0.2) is 0 Å². The van der Waals surface area contributed by atoms with Crippen LogP contribution in [-0.2, 0) is 32.7 Å². The van der Waals surface area contributed by atoms with Crippen LogP contribution >= 0.6 is 0 Å². The van der Waals surface area contributed by atoms with Crippen LogP contribution in [0, 0.1) is 6.07 Å². The van der Waals surface area contributed by atoms with Crippen molar-refractivity contribution in [2.45, 2.75) is 0 Å². The van der Waals surface area contributed by atoms with Crippen molar-refractivity contribution in [3.8, 4) is 0 Å². The van der Waals surface area contributed by atoms with Crippen LogP contribution in [0.3, 0.4) is 0 Å². The van der Waals surface area contributed by atoms with Crippen molar-refractivity contribution in [3.63, 3.8) is 0 Å². The number of nitrogens with two attached hydrogens (primary N) is 1.